The molecule has 4 rings (SSSR count). The van der Waals surface area contributed by atoms with Crippen molar-refractivity contribution < 1.29 is 31.1 Å². The van der Waals surface area contributed by atoms with Crippen LogP contribution >= 0.6 is 0 Å². The Morgan fingerprint density at radius 1 is 0.970 bits per heavy atom. The topological polar surface area (TPSA) is 25.4 Å². The fraction of sp³-hybridized carbons (Fsp3) is 0.458. The summed E-state index contributed by atoms with van der Waals surface area (Å²) in [5.41, 5.74) is -1.13. The molecule has 33 heavy (non-hydrogen) atoms. The van der Waals surface area contributed by atoms with Gasteiger partial charge in [-0.1, -0.05) is 19.1 Å². The highest BCUT2D eigenvalue weighted by molar-refractivity contribution is 5.59. The van der Waals surface area contributed by atoms with E-state index in [1.54, 1.807) is 12.2 Å². The summed E-state index contributed by atoms with van der Waals surface area (Å²) >= 11 is 0. The molecule has 2 saturated heterocycles. The van der Waals surface area contributed by atoms with E-state index in [1.807, 2.05) is 6.92 Å². The molecule has 2 aliphatic rings. The SMILES string of the molecule is CC/C=C/c1cc(C(F)(F)F)ccc1OC1C[C@H]2CC[C@@H](C1)N2c1ccc(C(F)(F)F)cn1. The molecule has 0 radical (unpaired) electrons. The Morgan fingerprint density at radius 3 is 2.15 bits per heavy atom. The van der Waals surface area contributed by atoms with E-state index in [-0.39, 0.29) is 18.2 Å². The summed E-state index contributed by atoms with van der Waals surface area (Å²) < 4.78 is 84.2. The summed E-state index contributed by atoms with van der Waals surface area (Å²) in [6.07, 6.45) is -1.14. The van der Waals surface area contributed by atoms with Gasteiger partial charge in [-0.3, -0.25) is 0 Å². The van der Waals surface area contributed by atoms with Crippen molar-refractivity contribution in [3.63, 3.8) is 0 Å². The van der Waals surface area contributed by atoms with Crippen LogP contribution in [0, 0.1) is 0 Å². The Kier molecular flexibility index (Phi) is 6.33. The van der Waals surface area contributed by atoms with E-state index >= 15 is 0 Å². The van der Waals surface area contributed by atoms with Crippen LogP contribution in [-0.2, 0) is 12.4 Å². The van der Waals surface area contributed by atoms with Gasteiger partial charge in [-0.25, -0.2) is 4.98 Å². The standard InChI is InChI=1S/C24H24F6N2O/c1-2-3-4-15-11-16(23(25,26)27)5-9-21(15)33-20-12-18-7-8-19(13-20)32(18)22-10-6-17(14-31-22)24(28,29)30/h3-6,9-11,14,18-20H,2,7-8,12-13H2,1H3/b4-3+/t18-,19+,20?. The van der Waals surface area contributed by atoms with E-state index in [1.165, 1.54) is 12.1 Å². The van der Waals surface area contributed by atoms with Gasteiger partial charge in [0, 0.05) is 36.7 Å². The molecule has 2 bridgehead atoms. The Bertz CT molecular complexity index is 985. The van der Waals surface area contributed by atoms with Crippen molar-refractivity contribution >= 4 is 11.9 Å². The first-order valence-electron chi connectivity index (χ1n) is 10.9. The summed E-state index contributed by atoms with van der Waals surface area (Å²) in [5.74, 6) is 0.910. The van der Waals surface area contributed by atoms with Gasteiger partial charge in [0.2, 0.25) is 0 Å². The molecular weight excluding hydrogens is 446 g/mol. The molecule has 1 aromatic heterocycles. The summed E-state index contributed by atoms with van der Waals surface area (Å²) in [4.78, 5) is 6.11. The lowest BCUT2D eigenvalue weighted by atomic mass is 9.99. The lowest BCUT2D eigenvalue weighted by molar-refractivity contribution is -0.138. The molecule has 0 N–H and O–H groups in total. The van der Waals surface area contributed by atoms with Crippen LogP contribution in [0.1, 0.15) is 55.7 Å². The molecular formula is C24H24F6N2O. The first kappa shape index (κ1) is 23.4. The van der Waals surface area contributed by atoms with Crippen LogP contribution in [0.3, 0.4) is 0 Å². The number of hydrogen-bond donors (Lipinski definition) is 0. The summed E-state index contributed by atoms with van der Waals surface area (Å²) in [6, 6.07) is 6.04. The normalized spacial score (nSPS) is 23.4. The zero-order valence-corrected chi connectivity index (χ0v) is 18.0. The molecule has 0 amide bonds. The van der Waals surface area contributed by atoms with Crippen molar-refractivity contribution in [3.8, 4) is 5.75 Å². The van der Waals surface area contributed by atoms with E-state index in [0.29, 0.717) is 36.4 Å². The second kappa shape index (κ2) is 8.91. The first-order chi connectivity index (χ1) is 15.6. The molecule has 2 fully saturated rings. The molecule has 0 spiro atoms. The number of aromatic nitrogens is 1. The smallest absolute Gasteiger partial charge is 0.417 e. The number of alkyl halides is 6. The molecule has 3 nitrogen and oxygen atoms in total. The zero-order chi connectivity index (χ0) is 23.8. The third kappa shape index (κ3) is 5.12. The third-order valence-corrected chi connectivity index (χ3v) is 6.19. The maximum absolute atomic E-state index is 13.1. The monoisotopic (exact) mass is 470 g/mol. The largest absolute Gasteiger partial charge is 0.490 e. The summed E-state index contributed by atoms with van der Waals surface area (Å²) in [6.45, 7) is 1.90. The minimum absolute atomic E-state index is 0.0575. The molecule has 2 aromatic rings. The van der Waals surface area contributed by atoms with Crippen LogP contribution in [0.5, 0.6) is 5.75 Å². The van der Waals surface area contributed by atoms with Gasteiger partial charge in [-0.15, -0.1) is 0 Å². The minimum atomic E-state index is -4.44. The van der Waals surface area contributed by atoms with Crippen molar-refractivity contribution in [1.82, 2.24) is 4.98 Å². The predicted octanol–water partition coefficient (Wildman–Crippen LogP) is 7.12. The number of hydrogen-bond acceptors (Lipinski definition) is 3. The zero-order valence-electron chi connectivity index (χ0n) is 18.0. The molecule has 1 unspecified atom stereocenters. The molecule has 0 saturated carbocycles. The number of nitrogens with zero attached hydrogens (tertiary/aromatic N) is 2. The molecule has 178 valence electrons. The second-order valence-electron chi connectivity index (χ2n) is 8.47. The van der Waals surface area contributed by atoms with Crippen LogP contribution in [0.2, 0.25) is 0 Å². The number of pyridine rings is 1. The number of allylic oxidation sites excluding steroid dienone is 1. The number of rotatable bonds is 5. The molecule has 2 aliphatic heterocycles. The van der Waals surface area contributed by atoms with Crippen LogP contribution in [0.15, 0.2) is 42.6 Å². The van der Waals surface area contributed by atoms with Crippen molar-refractivity contribution in [2.24, 2.45) is 0 Å². The van der Waals surface area contributed by atoms with Crippen LogP contribution in [-0.4, -0.2) is 23.2 Å². The van der Waals surface area contributed by atoms with Gasteiger partial charge in [0.05, 0.1) is 11.1 Å². The molecule has 0 aliphatic carbocycles. The fourth-order valence-corrected chi connectivity index (χ4v) is 4.69. The first-order valence-corrected chi connectivity index (χ1v) is 10.9. The van der Waals surface area contributed by atoms with E-state index in [9.17, 15) is 26.3 Å². The van der Waals surface area contributed by atoms with Gasteiger partial charge in [0.15, 0.2) is 0 Å². The van der Waals surface area contributed by atoms with Gasteiger partial charge < -0.3 is 9.64 Å². The average molecular weight is 470 g/mol. The number of piperidine rings is 1. The quantitative estimate of drug-likeness (QED) is 0.435. The number of ether oxygens (including phenoxy) is 1. The number of anilines is 1. The van der Waals surface area contributed by atoms with Gasteiger partial charge in [-0.2, -0.15) is 26.3 Å². The Labute approximate surface area is 188 Å². The lowest BCUT2D eigenvalue weighted by Crippen LogP contribution is -2.46. The van der Waals surface area contributed by atoms with Crippen molar-refractivity contribution in [2.45, 2.75) is 69.6 Å². The number of fused-ring (bicyclic) bond motifs is 2. The fourth-order valence-electron chi connectivity index (χ4n) is 4.69. The van der Waals surface area contributed by atoms with E-state index in [2.05, 4.69) is 9.88 Å². The van der Waals surface area contributed by atoms with E-state index < -0.39 is 23.5 Å². The third-order valence-electron chi connectivity index (χ3n) is 6.19. The maximum Gasteiger partial charge on any atom is 0.417 e. The maximum atomic E-state index is 13.1. The highest BCUT2D eigenvalue weighted by Crippen LogP contribution is 2.41. The van der Waals surface area contributed by atoms with E-state index in [0.717, 1.165) is 37.2 Å². The van der Waals surface area contributed by atoms with Crippen LogP contribution in [0.25, 0.3) is 6.08 Å². The Balaban J connectivity index is 1.50. The number of benzene rings is 1. The molecule has 3 atom stereocenters. The van der Waals surface area contributed by atoms with Gasteiger partial charge in [-0.05, 0) is 49.6 Å². The number of halogens is 6. The van der Waals surface area contributed by atoms with Crippen molar-refractivity contribution in [3.05, 3.63) is 59.3 Å². The van der Waals surface area contributed by atoms with Gasteiger partial charge >= 0.3 is 12.4 Å². The van der Waals surface area contributed by atoms with E-state index in [4.69, 9.17) is 4.74 Å². The highest BCUT2D eigenvalue weighted by atomic mass is 19.4. The van der Waals surface area contributed by atoms with Crippen molar-refractivity contribution in [1.29, 1.82) is 0 Å². The van der Waals surface area contributed by atoms with Crippen LogP contribution in [0.4, 0.5) is 32.2 Å². The van der Waals surface area contributed by atoms with Gasteiger partial charge in [0.25, 0.3) is 0 Å². The molecule has 1 aromatic carbocycles. The van der Waals surface area contributed by atoms with Gasteiger partial charge in [0.1, 0.15) is 17.7 Å². The molecule has 9 heteroatoms. The highest BCUT2D eigenvalue weighted by Gasteiger charge is 2.43. The minimum Gasteiger partial charge on any atom is -0.490 e. The predicted molar refractivity (Wildman–Crippen MR) is 113 cm³/mol. The molecule has 3 heterocycles. The Hall–Kier alpha value is -2.71. The summed E-state index contributed by atoms with van der Waals surface area (Å²) in [7, 11) is 0. The average Bonchev–Trinajstić information content (AvgIpc) is 3.02. The lowest BCUT2D eigenvalue weighted by Gasteiger charge is -2.40. The van der Waals surface area contributed by atoms with Crippen LogP contribution < -0.4 is 9.64 Å². The Morgan fingerprint density at radius 2 is 1.61 bits per heavy atom. The summed E-state index contributed by atoms with van der Waals surface area (Å²) in [5, 5.41) is 0. The second-order valence-corrected chi connectivity index (χ2v) is 8.47. The van der Waals surface area contributed by atoms with Crippen molar-refractivity contribution in [2.75, 3.05) is 4.90 Å².